The molecule has 2 atom stereocenters. The summed E-state index contributed by atoms with van der Waals surface area (Å²) in [6, 6.07) is 9.02. The summed E-state index contributed by atoms with van der Waals surface area (Å²) in [6.45, 7) is 3.03. The fourth-order valence-corrected chi connectivity index (χ4v) is 4.05. The highest BCUT2D eigenvalue weighted by Crippen LogP contribution is 2.42. The first-order valence-electron chi connectivity index (χ1n) is 8.28. The molecule has 0 heterocycles. The molecule has 2 aliphatic rings. The zero-order valence-corrected chi connectivity index (χ0v) is 12.7. The molecule has 0 aliphatic heterocycles. The Bertz CT molecular complexity index is 476. The van der Waals surface area contributed by atoms with Crippen LogP contribution in [0.4, 0.5) is 8.78 Å². The van der Waals surface area contributed by atoms with Gasteiger partial charge >= 0.3 is 0 Å². The van der Waals surface area contributed by atoms with Crippen LogP contribution in [0.15, 0.2) is 24.3 Å². The molecule has 1 fully saturated rings. The maximum atomic E-state index is 13.3. The maximum absolute atomic E-state index is 13.3. The summed E-state index contributed by atoms with van der Waals surface area (Å²) in [5.74, 6) is -1.39. The first-order valence-corrected chi connectivity index (χ1v) is 8.28. The molecule has 1 aromatic carbocycles. The van der Waals surface area contributed by atoms with Crippen LogP contribution < -0.4 is 5.32 Å². The van der Waals surface area contributed by atoms with Gasteiger partial charge in [0.15, 0.2) is 0 Å². The van der Waals surface area contributed by atoms with Crippen LogP contribution in [0.2, 0.25) is 0 Å². The topological polar surface area (TPSA) is 12.0 Å². The summed E-state index contributed by atoms with van der Waals surface area (Å²) >= 11 is 0. The standard InChI is InChI=1S/C18H25F2N/c1-2-21-17(13-7-9-18(19,20)10-8-13)12-15-11-14-5-3-4-6-16(14)15/h3-6,13,15,17,21H,2,7-12H2,1H3. The summed E-state index contributed by atoms with van der Waals surface area (Å²) in [7, 11) is 0. The predicted octanol–water partition coefficient (Wildman–Crippen LogP) is 4.52. The smallest absolute Gasteiger partial charge is 0.248 e. The summed E-state index contributed by atoms with van der Waals surface area (Å²) in [5.41, 5.74) is 2.94. The molecule has 2 aliphatic carbocycles. The van der Waals surface area contributed by atoms with Crippen LogP contribution in [0.1, 0.15) is 56.1 Å². The van der Waals surface area contributed by atoms with Gasteiger partial charge in [-0.2, -0.15) is 0 Å². The molecule has 1 N–H and O–H groups in total. The molecule has 1 nitrogen and oxygen atoms in total. The lowest BCUT2D eigenvalue weighted by molar-refractivity contribution is -0.0500. The molecule has 2 unspecified atom stereocenters. The Labute approximate surface area is 126 Å². The van der Waals surface area contributed by atoms with Crippen LogP contribution in [-0.4, -0.2) is 18.5 Å². The monoisotopic (exact) mass is 293 g/mol. The molecule has 0 saturated heterocycles. The fourth-order valence-electron chi connectivity index (χ4n) is 4.05. The quantitative estimate of drug-likeness (QED) is 0.841. The summed E-state index contributed by atoms with van der Waals surface area (Å²) in [6.07, 6.45) is 3.72. The number of nitrogens with one attached hydrogen (secondary N) is 1. The van der Waals surface area contributed by atoms with Gasteiger partial charge in [-0.1, -0.05) is 31.2 Å². The van der Waals surface area contributed by atoms with E-state index in [9.17, 15) is 8.78 Å². The van der Waals surface area contributed by atoms with E-state index in [2.05, 4.69) is 36.5 Å². The molecule has 0 bridgehead atoms. The highest BCUT2D eigenvalue weighted by molar-refractivity contribution is 5.39. The van der Waals surface area contributed by atoms with E-state index in [0.717, 1.165) is 19.4 Å². The van der Waals surface area contributed by atoms with Gasteiger partial charge in [-0.25, -0.2) is 8.78 Å². The van der Waals surface area contributed by atoms with Crippen LogP contribution in [0.3, 0.4) is 0 Å². The van der Waals surface area contributed by atoms with Gasteiger partial charge < -0.3 is 5.32 Å². The number of benzene rings is 1. The second-order valence-corrected chi connectivity index (χ2v) is 6.69. The molecule has 116 valence electrons. The molecule has 0 aromatic heterocycles. The van der Waals surface area contributed by atoms with Crippen molar-refractivity contribution < 1.29 is 8.78 Å². The van der Waals surface area contributed by atoms with Crippen molar-refractivity contribution in [2.24, 2.45) is 5.92 Å². The first kappa shape index (κ1) is 15.0. The molecule has 21 heavy (non-hydrogen) atoms. The number of alkyl halides is 2. The van der Waals surface area contributed by atoms with Gasteiger partial charge in [-0.3, -0.25) is 0 Å². The minimum Gasteiger partial charge on any atom is -0.314 e. The Morgan fingerprint density at radius 1 is 1.24 bits per heavy atom. The molecule has 0 spiro atoms. The summed E-state index contributed by atoms with van der Waals surface area (Å²) < 4.78 is 26.7. The van der Waals surface area contributed by atoms with Crippen LogP contribution in [0.5, 0.6) is 0 Å². The summed E-state index contributed by atoms with van der Waals surface area (Å²) in [4.78, 5) is 0. The van der Waals surface area contributed by atoms with Crippen molar-refractivity contribution in [2.45, 2.75) is 63.3 Å². The zero-order chi connectivity index (χ0) is 14.9. The Balaban J connectivity index is 1.61. The average Bonchev–Trinajstić information content (AvgIpc) is 2.44. The Kier molecular flexibility index (Phi) is 4.30. The molecule has 1 saturated carbocycles. The van der Waals surface area contributed by atoms with Gasteiger partial charge in [0, 0.05) is 18.9 Å². The van der Waals surface area contributed by atoms with Gasteiger partial charge in [0.25, 0.3) is 0 Å². The van der Waals surface area contributed by atoms with E-state index in [1.54, 1.807) is 0 Å². The second-order valence-electron chi connectivity index (χ2n) is 6.69. The lowest BCUT2D eigenvalue weighted by Gasteiger charge is -2.39. The third kappa shape index (κ3) is 3.28. The molecule has 0 radical (unpaired) electrons. The number of fused-ring (bicyclic) bond motifs is 1. The fraction of sp³-hybridized carbons (Fsp3) is 0.667. The molecular formula is C18H25F2N. The van der Waals surface area contributed by atoms with E-state index in [-0.39, 0.29) is 12.8 Å². The van der Waals surface area contributed by atoms with E-state index >= 15 is 0 Å². The van der Waals surface area contributed by atoms with Crippen LogP contribution in [0, 0.1) is 5.92 Å². The van der Waals surface area contributed by atoms with Crippen LogP contribution >= 0.6 is 0 Å². The summed E-state index contributed by atoms with van der Waals surface area (Å²) in [5, 5.41) is 3.56. The van der Waals surface area contributed by atoms with Crippen molar-refractivity contribution in [2.75, 3.05) is 6.54 Å². The molecule has 0 amide bonds. The first-order chi connectivity index (χ1) is 10.1. The number of halogens is 2. The van der Waals surface area contributed by atoms with Gasteiger partial charge in [0.2, 0.25) is 5.92 Å². The lowest BCUT2D eigenvalue weighted by Crippen LogP contribution is -2.42. The highest BCUT2D eigenvalue weighted by Gasteiger charge is 2.39. The third-order valence-electron chi connectivity index (χ3n) is 5.30. The van der Waals surface area contributed by atoms with E-state index in [4.69, 9.17) is 0 Å². The molecule has 3 heteroatoms. The van der Waals surface area contributed by atoms with E-state index < -0.39 is 5.92 Å². The van der Waals surface area contributed by atoms with Crippen molar-refractivity contribution in [3.05, 3.63) is 35.4 Å². The average molecular weight is 293 g/mol. The molecule has 3 rings (SSSR count). The van der Waals surface area contributed by atoms with Gasteiger partial charge in [0.05, 0.1) is 0 Å². The minimum atomic E-state index is -2.42. The molecule has 1 aromatic rings. The zero-order valence-electron chi connectivity index (χ0n) is 12.7. The second kappa shape index (κ2) is 6.04. The van der Waals surface area contributed by atoms with Crippen molar-refractivity contribution in [3.63, 3.8) is 0 Å². The Morgan fingerprint density at radius 2 is 1.95 bits per heavy atom. The van der Waals surface area contributed by atoms with Crippen LogP contribution in [-0.2, 0) is 6.42 Å². The Hall–Kier alpha value is -0.960. The lowest BCUT2D eigenvalue weighted by atomic mass is 9.71. The Morgan fingerprint density at radius 3 is 2.62 bits per heavy atom. The van der Waals surface area contributed by atoms with Crippen molar-refractivity contribution >= 4 is 0 Å². The van der Waals surface area contributed by atoms with E-state index in [1.165, 1.54) is 11.1 Å². The van der Waals surface area contributed by atoms with Crippen molar-refractivity contribution in [1.82, 2.24) is 5.32 Å². The van der Waals surface area contributed by atoms with Gasteiger partial charge in [-0.05, 0) is 55.2 Å². The number of hydrogen-bond donors (Lipinski definition) is 1. The largest absolute Gasteiger partial charge is 0.314 e. The minimum absolute atomic E-state index is 0.0703. The van der Waals surface area contributed by atoms with E-state index in [0.29, 0.717) is 30.7 Å². The number of hydrogen-bond acceptors (Lipinski definition) is 1. The molecular weight excluding hydrogens is 268 g/mol. The SMILES string of the molecule is CCNC(CC1Cc2ccccc21)C1CCC(F)(F)CC1. The van der Waals surface area contributed by atoms with Crippen molar-refractivity contribution in [3.8, 4) is 0 Å². The van der Waals surface area contributed by atoms with Gasteiger partial charge in [-0.15, -0.1) is 0 Å². The van der Waals surface area contributed by atoms with E-state index in [1.807, 2.05) is 0 Å². The number of rotatable bonds is 5. The maximum Gasteiger partial charge on any atom is 0.248 e. The van der Waals surface area contributed by atoms with Gasteiger partial charge in [0.1, 0.15) is 0 Å². The van der Waals surface area contributed by atoms with Crippen molar-refractivity contribution in [1.29, 1.82) is 0 Å². The predicted molar refractivity (Wildman–Crippen MR) is 81.9 cm³/mol. The normalized spacial score (nSPS) is 26.0. The highest BCUT2D eigenvalue weighted by atomic mass is 19.3. The third-order valence-corrected chi connectivity index (χ3v) is 5.30. The van der Waals surface area contributed by atoms with Crippen LogP contribution in [0.25, 0.3) is 0 Å².